The zero-order valence-corrected chi connectivity index (χ0v) is 10.1. The second-order valence-electron chi connectivity index (χ2n) is 4.75. The first kappa shape index (κ1) is 14.7. The number of alkyl halides is 3. The van der Waals surface area contributed by atoms with Crippen LogP contribution in [0.3, 0.4) is 0 Å². The third kappa shape index (κ3) is 3.82. The van der Waals surface area contributed by atoms with Gasteiger partial charge >= 0.3 is 6.18 Å². The molecule has 0 saturated heterocycles. The summed E-state index contributed by atoms with van der Waals surface area (Å²) in [7, 11) is 0. The Balaban J connectivity index is 2.84. The highest BCUT2D eigenvalue weighted by Gasteiger charge is 2.47. The van der Waals surface area contributed by atoms with Crippen molar-refractivity contribution in [3.05, 3.63) is 0 Å². The summed E-state index contributed by atoms with van der Waals surface area (Å²) in [5, 5.41) is 8.94. The molecule has 2 atom stereocenters. The van der Waals surface area contributed by atoms with Crippen LogP contribution >= 0.6 is 0 Å². The van der Waals surface area contributed by atoms with Crippen molar-refractivity contribution in [2.75, 3.05) is 13.2 Å². The van der Waals surface area contributed by atoms with Gasteiger partial charge in [-0.3, -0.25) is 4.90 Å². The van der Waals surface area contributed by atoms with E-state index in [-0.39, 0.29) is 19.2 Å². The maximum Gasteiger partial charge on any atom is 0.405 e. The monoisotopic (exact) mass is 254 g/mol. The van der Waals surface area contributed by atoms with E-state index < -0.39 is 18.3 Å². The summed E-state index contributed by atoms with van der Waals surface area (Å²) in [6.07, 6.45) is -0.906. The molecule has 0 bridgehead atoms. The third-order valence-electron chi connectivity index (χ3n) is 3.34. The quantitative estimate of drug-likeness (QED) is 0.781. The van der Waals surface area contributed by atoms with E-state index in [4.69, 9.17) is 10.8 Å². The number of hydrogen-bond acceptors (Lipinski definition) is 3. The predicted octanol–water partition coefficient (Wildman–Crippen LogP) is 1.50. The Hall–Kier alpha value is -0.330. The van der Waals surface area contributed by atoms with E-state index in [1.165, 1.54) is 11.8 Å². The maximum atomic E-state index is 13.0. The van der Waals surface area contributed by atoms with Crippen molar-refractivity contribution in [3.63, 3.8) is 0 Å². The molecular weight excluding hydrogens is 233 g/mol. The van der Waals surface area contributed by atoms with Crippen LogP contribution in [0.25, 0.3) is 0 Å². The van der Waals surface area contributed by atoms with Crippen LogP contribution in [0.4, 0.5) is 13.2 Å². The Morgan fingerprint density at radius 1 is 1.35 bits per heavy atom. The molecule has 3 nitrogen and oxygen atoms in total. The van der Waals surface area contributed by atoms with E-state index in [9.17, 15) is 13.2 Å². The molecule has 1 saturated carbocycles. The van der Waals surface area contributed by atoms with Crippen LogP contribution in [0, 0.1) is 0 Å². The Kier molecular flexibility index (Phi) is 5.22. The summed E-state index contributed by atoms with van der Waals surface area (Å²) in [6.45, 7) is 1.14. The van der Waals surface area contributed by atoms with Crippen LogP contribution in [-0.4, -0.2) is 47.5 Å². The molecule has 0 aromatic carbocycles. The fraction of sp³-hybridized carbons (Fsp3) is 1.00. The summed E-state index contributed by atoms with van der Waals surface area (Å²) in [5.74, 6) is 0. The molecule has 0 spiro atoms. The summed E-state index contributed by atoms with van der Waals surface area (Å²) < 4.78 is 39.0. The van der Waals surface area contributed by atoms with Crippen molar-refractivity contribution in [2.45, 2.75) is 56.9 Å². The molecule has 1 aliphatic rings. The minimum atomic E-state index is -4.34. The molecule has 0 amide bonds. The highest BCUT2D eigenvalue weighted by atomic mass is 19.4. The molecule has 1 aliphatic carbocycles. The molecule has 0 aliphatic heterocycles. The van der Waals surface area contributed by atoms with E-state index >= 15 is 0 Å². The van der Waals surface area contributed by atoms with Crippen molar-refractivity contribution >= 4 is 0 Å². The number of nitrogens with zero attached hydrogens (tertiary/aromatic N) is 1. The van der Waals surface area contributed by atoms with Crippen LogP contribution in [-0.2, 0) is 0 Å². The smallest absolute Gasteiger partial charge is 0.395 e. The molecule has 0 radical (unpaired) electrons. The molecule has 2 unspecified atom stereocenters. The third-order valence-corrected chi connectivity index (χ3v) is 3.34. The normalized spacial score (nSPS) is 22.1. The molecule has 0 heterocycles. The van der Waals surface area contributed by atoms with E-state index in [1.54, 1.807) is 0 Å². The number of hydrogen-bond donors (Lipinski definition) is 2. The van der Waals surface area contributed by atoms with E-state index in [0.29, 0.717) is 0 Å². The standard InChI is InChI=1S/C11H21F3N2O/c1-8(15)10(11(12,13)14)16(6-7-17)9-4-2-3-5-9/h8-10,17H,2-7,15H2,1H3. The lowest BCUT2D eigenvalue weighted by Crippen LogP contribution is -2.58. The lowest BCUT2D eigenvalue weighted by atomic mass is 10.0. The van der Waals surface area contributed by atoms with Crippen molar-refractivity contribution in [3.8, 4) is 0 Å². The van der Waals surface area contributed by atoms with Crippen molar-refractivity contribution in [2.24, 2.45) is 5.73 Å². The van der Waals surface area contributed by atoms with Crippen LogP contribution in [0.15, 0.2) is 0 Å². The Morgan fingerprint density at radius 2 is 1.88 bits per heavy atom. The first-order chi connectivity index (χ1) is 7.88. The number of aliphatic hydroxyl groups is 1. The van der Waals surface area contributed by atoms with Gasteiger partial charge in [-0.1, -0.05) is 12.8 Å². The van der Waals surface area contributed by atoms with Crippen molar-refractivity contribution in [1.29, 1.82) is 0 Å². The average Bonchev–Trinajstić information content (AvgIpc) is 2.66. The lowest BCUT2D eigenvalue weighted by molar-refractivity contribution is -0.195. The van der Waals surface area contributed by atoms with Gasteiger partial charge in [0.05, 0.1) is 6.61 Å². The zero-order valence-electron chi connectivity index (χ0n) is 10.1. The molecule has 0 aromatic rings. The highest BCUT2D eigenvalue weighted by Crippen LogP contribution is 2.32. The van der Waals surface area contributed by atoms with Gasteiger partial charge in [0.2, 0.25) is 0 Å². The summed E-state index contributed by atoms with van der Waals surface area (Å²) in [5.41, 5.74) is 5.48. The van der Waals surface area contributed by atoms with Gasteiger partial charge in [0.15, 0.2) is 0 Å². The van der Waals surface area contributed by atoms with E-state index in [0.717, 1.165) is 25.7 Å². The van der Waals surface area contributed by atoms with Crippen LogP contribution in [0.2, 0.25) is 0 Å². The first-order valence-corrected chi connectivity index (χ1v) is 6.06. The Bertz CT molecular complexity index is 227. The molecule has 6 heteroatoms. The van der Waals surface area contributed by atoms with Crippen LogP contribution < -0.4 is 5.73 Å². The largest absolute Gasteiger partial charge is 0.405 e. The molecule has 1 rings (SSSR count). The van der Waals surface area contributed by atoms with Gasteiger partial charge in [-0.25, -0.2) is 0 Å². The molecule has 0 aromatic heterocycles. The number of aliphatic hydroxyl groups excluding tert-OH is 1. The lowest BCUT2D eigenvalue weighted by Gasteiger charge is -2.39. The summed E-state index contributed by atoms with van der Waals surface area (Å²) in [6, 6.07) is -2.74. The molecule has 102 valence electrons. The number of nitrogens with two attached hydrogens (primary N) is 1. The summed E-state index contributed by atoms with van der Waals surface area (Å²) in [4.78, 5) is 1.34. The van der Waals surface area contributed by atoms with E-state index in [1.807, 2.05) is 0 Å². The fourth-order valence-corrected chi connectivity index (χ4v) is 2.69. The minimum Gasteiger partial charge on any atom is -0.395 e. The Labute approximate surface area is 99.8 Å². The molecule has 1 fully saturated rings. The summed E-state index contributed by atoms with van der Waals surface area (Å²) >= 11 is 0. The first-order valence-electron chi connectivity index (χ1n) is 6.06. The van der Waals surface area contributed by atoms with Gasteiger partial charge in [0.1, 0.15) is 6.04 Å². The van der Waals surface area contributed by atoms with Gasteiger partial charge in [-0.05, 0) is 19.8 Å². The highest BCUT2D eigenvalue weighted by molar-refractivity contribution is 4.91. The SMILES string of the molecule is CC(N)C(N(CCO)C1CCCC1)C(F)(F)F. The molecule has 3 N–H and O–H groups in total. The van der Waals surface area contributed by atoms with Crippen LogP contribution in [0.1, 0.15) is 32.6 Å². The second kappa shape index (κ2) is 6.02. The maximum absolute atomic E-state index is 13.0. The van der Waals surface area contributed by atoms with Gasteiger partial charge < -0.3 is 10.8 Å². The average molecular weight is 254 g/mol. The molecule has 17 heavy (non-hydrogen) atoms. The molecular formula is C11H21F3N2O. The van der Waals surface area contributed by atoms with E-state index in [2.05, 4.69) is 0 Å². The number of halogens is 3. The predicted molar refractivity (Wildman–Crippen MR) is 59.5 cm³/mol. The van der Waals surface area contributed by atoms with Gasteiger partial charge in [-0.15, -0.1) is 0 Å². The zero-order chi connectivity index (χ0) is 13.1. The number of rotatable bonds is 5. The van der Waals surface area contributed by atoms with Gasteiger partial charge in [-0.2, -0.15) is 13.2 Å². The van der Waals surface area contributed by atoms with Crippen molar-refractivity contribution in [1.82, 2.24) is 4.90 Å². The van der Waals surface area contributed by atoms with Gasteiger partial charge in [0.25, 0.3) is 0 Å². The minimum absolute atomic E-state index is 0.0381. The van der Waals surface area contributed by atoms with Crippen molar-refractivity contribution < 1.29 is 18.3 Å². The Morgan fingerprint density at radius 3 is 2.24 bits per heavy atom. The van der Waals surface area contributed by atoms with Gasteiger partial charge in [0, 0.05) is 18.6 Å². The second-order valence-corrected chi connectivity index (χ2v) is 4.75. The topological polar surface area (TPSA) is 49.5 Å². The fourth-order valence-electron chi connectivity index (χ4n) is 2.69. The van der Waals surface area contributed by atoms with Crippen LogP contribution in [0.5, 0.6) is 0 Å².